The summed E-state index contributed by atoms with van der Waals surface area (Å²) in [5.74, 6) is 0.461. The highest BCUT2D eigenvalue weighted by Crippen LogP contribution is 2.38. The Morgan fingerprint density at radius 1 is 1.44 bits per heavy atom. The van der Waals surface area contributed by atoms with Crippen molar-refractivity contribution >= 4 is 22.4 Å². The molecule has 0 aliphatic rings. The zero-order chi connectivity index (χ0) is 11.9. The van der Waals surface area contributed by atoms with Gasteiger partial charge in [0.1, 0.15) is 21.9 Å². The predicted molar refractivity (Wildman–Crippen MR) is 60.4 cm³/mol. The quantitative estimate of drug-likeness (QED) is 0.832. The van der Waals surface area contributed by atoms with Crippen LogP contribution in [0.5, 0.6) is 11.5 Å². The summed E-state index contributed by atoms with van der Waals surface area (Å²) in [6.45, 7) is 1.65. The fourth-order valence-corrected chi connectivity index (χ4v) is 1.79. The summed E-state index contributed by atoms with van der Waals surface area (Å²) in [4.78, 5) is 11.5. The van der Waals surface area contributed by atoms with Crippen LogP contribution in [0, 0.1) is 6.92 Å². The molecule has 0 bridgehead atoms. The fourth-order valence-electron chi connectivity index (χ4n) is 1.56. The number of phenolic OH excluding ortho intramolecular Hbond substituents is 1. The lowest BCUT2D eigenvalue weighted by Crippen LogP contribution is -2.01. The Bertz CT molecular complexity index is 615. The van der Waals surface area contributed by atoms with Crippen LogP contribution in [0.3, 0.4) is 0 Å². The second-order valence-electron chi connectivity index (χ2n) is 3.35. The third kappa shape index (κ3) is 1.51. The van der Waals surface area contributed by atoms with Crippen molar-refractivity contribution in [2.75, 3.05) is 7.11 Å². The van der Waals surface area contributed by atoms with Gasteiger partial charge in [0.2, 0.25) is 0 Å². The number of fused-ring (bicyclic) bond motifs is 1. The van der Waals surface area contributed by atoms with E-state index >= 15 is 0 Å². The van der Waals surface area contributed by atoms with Crippen LogP contribution in [0.4, 0.5) is 0 Å². The standard InChI is InChI=1S/C11H9ClO4/c1-5-3-6-4-7(15-2)9(12)10(13)8(6)11(14)16-5/h3-4,13H,1-2H3. The Labute approximate surface area is 96.0 Å². The Morgan fingerprint density at radius 3 is 2.75 bits per heavy atom. The number of phenols is 1. The predicted octanol–water partition coefficient (Wildman–Crippen LogP) is 2.47. The van der Waals surface area contributed by atoms with E-state index < -0.39 is 5.63 Å². The summed E-state index contributed by atoms with van der Waals surface area (Å²) in [6.07, 6.45) is 0. The van der Waals surface area contributed by atoms with Crippen molar-refractivity contribution in [2.24, 2.45) is 0 Å². The molecule has 1 N–H and O–H groups in total. The Balaban J connectivity index is 2.98. The normalized spacial score (nSPS) is 10.7. The van der Waals surface area contributed by atoms with Gasteiger partial charge in [-0.1, -0.05) is 11.6 Å². The van der Waals surface area contributed by atoms with Gasteiger partial charge in [-0.15, -0.1) is 0 Å². The molecule has 4 nitrogen and oxygen atoms in total. The summed E-state index contributed by atoms with van der Waals surface area (Å²) < 4.78 is 9.87. The second-order valence-corrected chi connectivity index (χ2v) is 3.73. The fraction of sp³-hybridized carbons (Fsp3) is 0.182. The molecule has 0 aliphatic carbocycles. The zero-order valence-electron chi connectivity index (χ0n) is 8.70. The van der Waals surface area contributed by atoms with Crippen molar-refractivity contribution in [3.05, 3.63) is 33.3 Å². The van der Waals surface area contributed by atoms with E-state index in [0.29, 0.717) is 16.9 Å². The zero-order valence-corrected chi connectivity index (χ0v) is 9.46. The number of rotatable bonds is 1. The molecule has 0 saturated heterocycles. The van der Waals surface area contributed by atoms with Crippen LogP contribution >= 0.6 is 11.6 Å². The van der Waals surface area contributed by atoms with Gasteiger partial charge in [-0.05, 0) is 24.4 Å². The highest BCUT2D eigenvalue weighted by atomic mass is 35.5. The number of aromatic hydroxyl groups is 1. The van der Waals surface area contributed by atoms with E-state index in [1.54, 1.807) is 19.1 Å². The number of aryl methyl sites for hydroxylation is 1. The average Bonchev–Trinajstić information content (AvgIpc) is 2.22. The molecule has 2 rings (SSSR count). The molecular formula is C11H9ClO4. The van der Waals surface area contributed by atoms with Crippen LogP contribution in [0.2, 0.25) is 5.02 Å². The molecule has 2 aromatic rings. The van der Waals surface area contributed by atoms with E-state index in [1.165, 1.54) is 7.11 Å². The Hall–Kier alpha value is -1.68. The molecule has 0 unspecified atom stereocenters. The molecule has 16 heavy (non-hydrogen) atoms. The van der Waals surface area contributed by atoms with E-state index in [-0.39, 0.29) is 16.2 Å². The van der Waals surface area contributed by atoms with Gasteiger partial charge in [0.25, 0.3) is 0 Å². The molecule has 5 heteroatoms. The minimum Gasteiger partial charge on any atom is -0.505 e. The van der Waals surface area contributed by atoms with E-state index in [0.717, 1.165) is 0 Å². The average molecular weight is 241 g/mol. The molecular weight excluding hydrogens is 232 g/mol. The van der Waals surface area contributed by atoms with Gasteiger partial charge >= 0.3 is 5.63 Å². The molecule has 0 spiro atoms. The van der Waals surface area contributed by atoms with Gasteiger partial charge in [0.15, 0.2) is 5.75 Å². The number of halogens is 1. The third-order valence-corrected chi connectivity index (χ3v) is 2.64. The number of hydrogen-bond acceptors (Lipinski definition) is 4. The molecule has 84 valence electrons. The smallest absolute Gasteiger partial charge is 0.347 e. The molecule has 0 saturated carbocycles. The maximum absolute atomic E-state index is 11.5. The van der Waals surface area contributed by atoms with Crippen LogP contribution in [0.15, 0.2) is 21.3 Å². The first kappa shape index (κ1) is 10.8. The molecule has 1 aromatic carbocycles. The van der Waals surface area contributed by atoms with Gasteiger partial charge in [-0.25, -0.2) is 4.79 Å². The van der Waals surface area contributed by atoms with Crippen molar-refractivity contribution in [1.82, 2.24) is 0 Å². The second kappa shape index (κ2) is 3.72. The first-order valence-electron chi connectivity index (χ1n) is 4.54. The highest BCUT2D eigenvalue weighted by Gasteiger charge is 2.15. The summed E-state index contributed by atoms with van der Waals surface area (Å²) in [6, 6.07) is 3.22. The summed E-state index contributed by atoms with van der Waals surface area (Å²) in [5.41, 5.74) is -0.614. The van der Waals surface area contributed by atoms with Crippen LogP contribution in [-0.2, 0) is 0 Å². The number of benzene rings is 1. The van der Waals surface area contributed by atoms with Crippen LogP contribution < -0.4 is 10.4 Å². The van der Waals surface area contributed by atoms with Crippen molar-refractivity contribution in [1.29, 1.82) is 0 Å². The van der Waals surface area contributed by atoms with Crippen molar-refractivity contribution in [3.8, 4) is 11.5 Å². The minimum absolute atomic E-state index is 0.00570. The Kier molecular flexibility index (Phi) is 2.52. The van der Waals surface area contributed by atoms with Gasteiger partial charge in [0, 0.05) is 0 Å². The largest absolute Gasteiger partial charge is 0.505 e. The maximum Gasteiger partial charge on any atom is 0.347 e. The number of methoxy groups -OCH3 is 1. The molecule has 0 amide bonds. The molecule has 0 atom stereocenters. The first-order valence-corrected chi connectivity index (χ1v) is 4.92. The lowest BCUT2D eigenvalue weighted by molar-refractivity contribution is 0.409. The topological polar surface area (TPSA) is 59.7 Å². The van der Waals surface area contributed by atoms with Crippen LogP contribution in [0.25, 0.3) is 10.8 Å². The summed E-state index contributed by atoms with van der Waals surface area (Å²) in [7, 11) is 1.44. The molecule has 1 aromatic heterocycles. The molecule has 1 heterocycles. The molecule has 0 aliphatic heterocycles. The van der Waals surface area contributed by atoms with E-state index in [4.69, 9.17) is 20.8 Å². The van der Waals surface area contributed by atoms with E-state index in [2.05, 4.69) is 0 Å². The SMILES string of the molecule is COc1cc2cc(C)oc(=O)c2c(O)c1Cl. The highest BCUT2D eigenvalue weighted by molar-refractivity contribution is 6.34. The maximum atomic E-state index is 11.5. The summed E-state index contributed by atoms with van der Waals surface area (Å²) in [5, 5.41) is 10.4. The van der Waals surface area contributed by atoms with Crippen molar-refractivity contribution in [3.63, 3.8) is 0 Å². The number of hydrogen-bond donors (Lipinski definition) is 1. The van der Waals surface area contributed by atoms with E-state index in [1.807, 2.05) is 0 Å². The molecule has 0 fully saturated rings. The number of ether oxygens (including phenoxy) is 1. The van der Waals surface area contributed by atoms with Crippen molar-refractivity contribution in [2.45, 2.75) is 6.92 Å². The Morgan fingerprint density at radius 2 is 2.12 bits per heavy atom. The lowest BCUT2D eigenvalue weighted by atomic mass is 10.1. The molecule has 0 radical (unpaired) electrons. The first-order chi connectivity index (χ1) is 7.54. The van der Waals surface area contributed by atoms with E-state index in [9.17, 15) is 9.90 Å². The van der Waals surface area contributed by atoms with Gasteiger partial charge in [-0.2, -0.15) is 0 Å². The van der Waals surface area contributed by atoms with Gasteiger partial charge in [0.05, 0.1) is 7.11 Å². The summed E-state index contributed by atoms with van der Waals surface area (Å²) >= 11 is 5.83. The van der Waals surface area contributed by atoms with Gasteiger partial charge < -0.3 is 14.3 Å². The van der Waals surface area contributed by atoms with Crippen LogP contribution in [0.1, 0.15) is 5.76 Å². The van der Waals surface area contributed by atoms with Crippen molar-refractivity contribution < 1.29 is 14.3 Å². The van der Waals surface area contributed by atoms with Crippen LogP contribution in [-0.4, -0.2) is 12.2 Å². The monoisotopic (exact) mass is 240 g/mol. The third-order valence-electron chi connectivity index (χ3n) is 2.27. The van der Waals surface area contributed by atoms with Gasteiger partial charge in [-0.3, -0.25) is 0 Å². The lowest BCUT2D eigenvalue weighted by Gasteiger charge is -2.07. The minimum atomic E-state index is -0.614.